The maximum Gasteiger partial charge on any atom is 0.225 e. The first-order chi connectivity index (χ1) is 13.5. The molecule has 1 aliphatic rings. The highest BCUT2D eigenvalue weighted by Crippen LogP contribution is 2.12. The van der Waals surface area contributed by atoms with Gasteiger partial charge in [-0.05, 0) is 18.9 Å². The van der Waals surface area contributed by atoms with Gasteiger partial charge in [-0.15, -0.1) is 0 Å². The molecular formula is C21H33N5O2. The number of nitrogens with zero attached hydrogens (tertiary/aromatic N) is 2. The van der Waals surface area contributed by atoms with Crippen LogP contribution in [0.25, 0.3) is 0 Å². The molecule has 1 atom stereocenters. The summed E-state index contributed by atoms with van der Waals surface area (Å²) in [4.78, 5) is 30.6. The van der Waals surface area contributed by atoms with Crippen molar-refractivity contribution in [3.8, 4) is 0 Å². The van der Waals surface area contributed by atoms with Gasteiger partial charge in [-0.2, -0.15) is 0 Å². The predicted molar refractivity (Wildman–Crippen MR) is 112 cm³/mol. The fourth-order valence-corrected chi connectivity index (χ4v) is 3.11. The third-order valence-corrected chi connectivity index (χ3v) is 4.62. The summed E-state index contributed by atoms with van der Waals surface area (Å²) in [6.45, 7) is 9.02. The Morgan fingerprint density at radius 1 is 1.21 bits per heavy atom. The van der Waals surface area contributed by atoms with Crippen molar-refractivity contribution in [3.63, 3.8) is 0 Å². The van der Waals surface area contributed by atoms with Gasteiger partial charge in [0, 0.05) is 44.6 Å². The number of nitrogens with one attached hydrogen (secondary N) is 3. The van der Waals surface area contributed by atoms with Crippen LogP contribution in [0, 0.1) is 5.92 Å². The van der Waals surface area contributed by atoms with Crippen molar-refractivity contribution in [2.45, 2.75) is 46.2 Å². The first kappa shape index (κ1) is 21.7. The SMILES string of the molecule is CCNC(=NCCC(=O)NCc1ccccc1)NC1CCN(C(=O)C(C)C)C1. The first-order valence-corrected chi connectivity index (χ1v) is 10.1. The van der Waals surface area contributed by atoms with Crippen molar-refractivity contribution in [2.24, 2.45) is 10.9 Å². The van der Waals surface area contributed by atoms with Gasteiger partial charge in [0.25, 0.3) is 0 Å². The molecule has 0 radical (unpaired) electrons. The summed E-state index contributed by atoms with van der Waals surface area (Å²) >= 11 is 0. The van der Waals surface area contributed by atoms with E-state index in [0.717, 1.165) is 25.1 Å². The van der Waals surface area contributed by atoms with Crippen LogP contribution in [0.15, 0.2) is 35.3 Å². The molecule has 0 saturated carbocycles. The minimum atomic E-state index is -0.0157. The molecule has 1 unspecified atom stereocenters. The Morgan fingerprint density at radius 3 is 2.64 bits per heavy atom. The summed E-state index contributed by atoms with van der Waals surface area (Å²) in [6.07, 6.45) is 1.24. The standard InChI is InChI=1S/C21H33N5O2/c1-4-22-21(25-18-11-13-26(15-18)20(28)16(2)3)23-12-10-19(27)24-14-17-8-6-5-7-9-17/h5-9,16,18H,4,10-15H2,1-3H3,(H,24,27)(H2,22,23,25). The lowest BCUT2D eigenvalue weighted by atomic mass is 10.2. The van der Waals surface area contributed by atoms with Gasteiger partial charge in [-0.25, -0.2) is 0 Å². The highest BCUT2D eigenvalue weighted by Gasteiger charge is 2.27. The van der Waals surface area contributed by atoms with E-state index in [4.69, 9.17) is 0 Å². The Bertz CT molecular complexity index is 660. The Balaban J connectivity index is 1.75. The van der Waals surface area contributed by atoms with E-state index in [2.05, 4.69) is 20.9 Å². The molecule has 1 heterocycles. The lowest BCUT2D eigenvalue weighted by Crippen LogP contribution is -2.45. The molecule has 1 aromatic rings. The van der Waals surface area contributed by atoms with Crippen LogP contribution in [-0.2, 0) is 16.1 Å². The van der Waals surface area contributed by atoms with Crippen LogP contribution in [0.1, 0.15) is 39.2 Å². The summed E-state index contributed by atoms with van der Waals surface area (Å²) in [5.41, 5.74) is 1.08. The zero-order valence-electron chi connectivity index (χ0n) is 17.2. The van der Waals surface area contributed by atoms with Crippen molar-refractivity contribution < 1.29 is 9.59 Å². The number of carbonyl (C=O) groups excluding carboxylic acids is 2. The van der Waals surface area contributed by atoms with E-state index in [-0.39, 0.29) is 23.8 Å². The second-order valence-corrected chi connectivity index (χ2v) is 7.34. The Hall–Kier alpha value is -2.57. The number of aliphatic imine (C=N–C) groups is 1. The van der Waals surface area contributed by atoms with E-state index in [1.807, 2.05) is 56.0 Å². The van der Waals surface area contributed by atoms with Crippen LogP contribution in [0.4, 0.5) is 0 Å². The Labute approximate surface area is 168 Å². The highest BCUT2D eigenvalue weighted by atomic mass is 16.2. The quantitative estimate of drug-likeness (QED) is 0.466. The fraction of sp³-hybridized carbons (Fsp3) is 0.571. The van der Waals surface area contributed by atoms with E-state index in [1.165, 1.54) is 0 Å². The lowest BCUT2D eigenvalue weighted by Gasteiger charge is -2.20. The van der Waals surface area contributed by atoms with E-state index >= 15 is 0 Å². The molecule has 0 bridgehead atoms. The summed E-state index contributed by atoms with van der Waals surface area (Å²) < 4.78 is 0. The zero-order chi connectivity index (χ0) is 20.4. The summed E-state index contributed by atoms with van der Waals surface area (Å²) in [5.74, 6) is 0.900. The smallest absolute Gasteiger partial charge is 0.225 e. The molecule has 0 aliphatic carbocycles. The van der Waals surface area contributed by atoms with Crippen LogP contribution < -0.4 is 16.0 Å². The fourth-order valence-electron chi connectivity index (χ4n) is 3.11. The van der Waals surface area contributed by atoms with Crippen molar-refractivity contribution in [1.29, 1.82) is 0 Å². The second-order valence-electron chi connectivity index (χ2n) is 7.34. The van der Waals surface area contributed by atoms with E-state index in [1.54, 1.807) is 0 Å². The number of hydrogen-bond acceptors (Lipinski definition) is 3. The lowest BCUT2D eigenvalue weighted by molar-refractivity contribution is -0.133. The van der Waals surface area contributed by atoms with Crippen LogP contribution in [0.3, 0.4) is 0 Å². The molecule has 3 N–H and O–H groups in total. The number of guanidine groups is 1. The number of carbonyl (C=O) groups is 2. The average Bonchev–Trinajstić information content (AvgIpc) is 3.15. The third kappa shape index (κ3) is 7.21. The number of likely N-dealkylation sites (tertiary alicyclic amines) is 1. The van der Waals surface area contributed by atoms with Gasteiger partial charge in [0.2, 0.25) is 11.8 Å². The maximum absolute atomic E-state index is 12.1. The van der Waals surface area contributed by atoms with Gasteiger partial charge in [0.1, 0.15) is 0 Å². The van der Waals surface area contributed by atoms with Crippen molar-refractivity contribution in [3.05, 3.63) is 35.9 Å². The largest absolute Gasteiger partial charge is 0.357 e. The van der Waals surface area contributed by atoms with Crippen LogP contribution in [0.2, 0.25) is 0 Å². The van der Waals surface area contributed by atoms with Crippen LogP contribution in [-0.4, -0.2) is 54.9 Å². The topological polar surface area (TPSA) is 85.8 Å². The molecular weight excluding hydrogens is 354 g/mol. The van der Waals surface area contributed by atoms with Gasteiger partial charge in [-0.3, -0.25) is 14.6 Å². The molecule has 1 aromatic carbocycles. The number of hydrogen-bond donors (Lipinski definition) is 3. The van der Waals surface area contributed by atoms with E-state index < -0.39 is 0 Å². The molecule has 0 spiro atoms. The Morgan fingerprint density at radius 2 is 1.96 bits per heavy atom. The monoisotopic (exact) mass is 387 g/mol. The minimum absolute atomic E-state index is 0.0157. The average molecular weight is 388 g/mol. The van der Waals surface area contributed by atoms with Crippen molar-refractivity contribution in [2.75, 3.05) is 26.2 Å². The molecule has 0 aromatic heterocycles. The second kappa shape index (κ2) is 11.3. The normalized spacial score (nSPS) is 16.9. The summed E-state index contributed by atoms with van der Waals surface area (Å²) in [5, 5.41) is 9.51. The van der Waals surface area contributed by atoms with Gasteiger partial charge in [-0.1, -0.05) is 44.2 Å². The van der Waals surface area contributed by atoms with Crippen molar-refractivity contribution in [1.82, 2.24) is 20.9 Å². The molecule has 1 fully saturated rings. The van der Waals surface area contributed by atoms with Crippen LogP contribution in [0.5, 0.6) is 0 Å². The molecule has 7 heteroatoms. The maximum atomic E-state index is 12.1. The predicted octanol–water partition coefficient (Wildman–Crippen LogP) is 1.50. The highest BCUT2D eigenvalue weighted by molar-refractivity contribution is 5.82. The number of rotatable bonds is 8. The van der Waals surface area contributed by atoms with E-state index in [0.29, 0.717) is 32.0 Å². The summed E-state index contributed by atoms with van der Waals surface area (Å²) in [6, 6.07) is 10.0. The third-order valence-electron chi connectivity index (χ3n) is 4.62. The van der Waals surface area contributed by atoms with Gasteiger partial charge in [0.15, 0.2) is 5.96 Å². The summed E-state index contributed by atoms with van der Waals surface area (Å²) in [7, 11) is 0. The molecule has 2 amide bonds. The van der Waals surface area contributed by atoms with Gasteiger partial charge < -0.3 is 20.9 Å². The van der Waals surface area contributed by atoms with Gasteiger partial charge >= 0.3 is 0 Å². The first-order valence-electron chi connectivity index (χ1n) is 10.1. The molecule has 28 heavy (non-hydrogen) atoms. The van der Waals surface area contributed by atoms with Crippen molar-refractivity contribution >= 4 is 17.8 Å². The van der Waals surface area contributed by atoms with Crippen LogP contribution >= 0.6 is 0 Å². The molecule has 154 valence electrons. The molecule has 1 saturated heterocycles. The molecule has 2 rings (SSSR count). The minimum Gasteiger partial charge on any atom is -0.357 e. The Kier molecular flexibility index (Phi) is 8.78. The molecule has 7 nitrogen and oxygen atoms in total. The van der Waals surface area contributed by atoms with E-state index in [9.17, 15) is 9.59 Å². The van der Waals surface area contributed by atoms with Gasteiger partial charge in [0.05, 0.1) is 6.54 Å². The molecule has 1 aliphatic heterocycles. The zero-order valence-corrected chi connectivity index (χ0v) is 17.2. The number of benzene rings is 1. The number of amides is 2.